The first-order valence-electron chi connectivity index (χ1n) is 12.0. The van der Waals surface area contributed by atoms with Gasteiger partial charge in [-0.2, -0.15) is 0 Å². The molecule has 1 amide bonds. The number of likely N-dealkylation sites (N-methyl/N-ethyl adjacent to an activating group) is 1. The monoisotopic (exact) mass is 489 g/mol. The maximum atomic E-state index is 13.3. The van der Waals surface area contributed by atoms with Crippen LogP contribution >= 0.6 is 0 Å². The summed E-state index contributed by atoms with van der Waals surface area (Å²) in [5.41, 5.74) is 8.84. The minimum atomic E-state index is -0.628. The highest BCUT2D eigenvalue weighted by Crippen LogP contribution is 2.50. The van der Waals surface area contributed by atoms with E-state index in [4.69, 9.17) is 15.9 Å². The number of benzene rings is 2. The van der Waals surface area contributed by atoms with Gasteiger partial charge in [0.25, 0.3) is 5.56 Å². The summed E-state index contributed by atoms with van der Waals surface area (Å²) in [5.74, 6) is -0.355. The Balaban J connectivity index is 1.60. The first-order valence-corrected chi connectivity index (χ1v) is 12.0. The van der Waals surface area contributed by atoms with Crippen molar-refractivity contribution in [1.29, 1.82) is 5.41 Å². The van der Waals surface area contributed by atoms with Crippen LogP contribution in [0.1, 0.15) is 48.6 Å². The van der Waals surface area contributed by atoms with Gasteiger partial charge in [-0.25, -0.2) is 4.98 Å². The van der Waals surface area contributed by atoms with E-state index in [1.165, 1.54) is 0 Å². The molecule has 1 aliphatic rings. The van der Waals surface area contributed by atoms with E-state index in [-0.39, 0.29) is 29.7 Å². The number of hydrogen-bond donors (Lipinski definition) is 2. The van der Waals surface area contributed by atoms with Crippen molar-refractivity contribution in [2.75, 3.05) is 20.2 Å². The average molecular weight is 490 g/mol. The molecule has 0 unspecified atom stereocenters. The first kappa shape index (κ1) is 25.1. The first-order chi connectivity index (χ1) is 17.2. The summed E-state index contributed by atoms with van der Waals surface area (Å²) in [7, 11) is 3.43. The molecule has 1 saturated carbocycles. The fraction of sp³-hybridized carbons (Fsp3) is 0.370. The Morgan fingerprint density at radius 2 is 1.89 bits per heavy atom. The van der Waals surface area contributed by atoms with Crippen molar-refractivity contribution in [1.82, 2.24) is 14.5 Å². The van der Waals surface area contributed by atoms with Crippen molar-refractivity contribution in [3.63, 3.8) is 0 Å². The number of hydrogen-bond acceptors (Lipinski definition) is 6. The summed E-state index contributed by atoms with van der Waals surface area (Å²) in [6, 6.07) is 12.8. The molecule has 3 N–H and O–H groups in total. The van der Waals surface area contributed by atoms with Crippen LogP contribution in [0.5, 0.6) is 0 Å². The SMILES string of the molecule is CCOC(=O)CCN(C)C(=O)C1(c2ccc3c(c2)nc(Cc2ccc(C(=N)N)cc2)c(=O)n3C)CC1. The van der Waals surface area contributed by atoms with E-state index in [2.05, 4.69) is 4.98 Å². The van der Waals surface area contributed by atoms with Crippen LogP contribution in [0, 0.1) is 5.41 Å². The number of carbonyl (C=O) groups excluding carboxylic acids is 2. The summed E-state index contributed by atoms with van der Waals surface area (Å²) >= 11 is 0. The van der Waals surface area contributed by atoms with E-state index in [1.807, 2.05) is 30.3 Å². The molecule has 9 nitrogen and oxygen atoms in total. The second-order valence-corrected chi connectivity index (χ2v) is 9.28. The zero-order valence-corrected chi connectivity index (χ0v) is 20.8. The van der Waals surface area contributed by atoms with Gasteiger partial charge in [0.1, 0.15) is 11.5 Å². The molecule has 0 saturated heterocycles. The molecular weight excluding hydrogens is 458 g/mol. The van der Waals surface area contributed by atoms with Gasteiger partial charge in [-0.3, -0.25) is 19.8 Å². The molecule has 2 aromatic carbocycles. The lowest BCUT2D eigenvalue weighted by Crippen LogP contribution is -2.38. The quantitative estimate of drug-likeness (QED) is 0.269. The predicted molar refractivity (Wildman–Crippen MR) is 137 cm³/mol. The molecule has 0 bridgehead atoms. The van der Waals surface area contributed by atoms with E-state index < -0.39 is 5.41 Å². The van der Waals surface area contributed by atoms with E-state index in [9.17, 15) is 14.4 Å². The Bertz CT molecular complexity index is 1390. The second-order valence-electron chi connectivity index (χ2n) is 9.28. The number of esters is 1. The van der Waals surface area contributed by atoms with Gasteiger partial charge in [0.2, 0.25) is 5.91 Å². The third-order valence-electron chi connectivity index (χ3n) is 6.80. The third kappa shape index (κ3) is 4.86. The van der Waals surface area contributed by atoms with Crippen LogP contribution in [-0.2, 0) is 33.2 Å². The molecule has 1 fully saturated rings. The number of nitrogens with zero attached hydrogens (tertiary/aromatic N) is 3. The minimum absolute atomic E-state index is 0.0103. The summed E-state index contributed by atoms with van der Waals surface area (Å²) < 4.78 is 6.55. The Morgan fingerprint density at radius 1 is 1.19 bits per heavy atom. The Morgan fingerprint density at radius 3 is 2.50 bits per heavy atom. The highest BCUT2D eigenvalue weighted by molar-refractivity contribution is 5.95. The lowest BCUT2D eigenvalue weighted by molar-refractivity contribution is -0.144. The lowest BCUT2D eigenvalue weighted by atomic mass is 9.93. The third-order valence-corrected chi connectivity index (χ3v) is 6.80. The smallest absolute Gasteiger partial charge is 0.307 e. The number of nitrogens with two attached hydrogens (primary N) is 1. The number of aromatic nitrogens is 2. The minimum Gasteiger partial charge on any atom is -0.466 e. The van der Waals surface area contributed by atoms with E-state index in [1.54, 1.807) is 42.6 Å². The molecule has 0 radical (unpaired) electrons. The number of aryl methyl sites for hydroxylation is 1. The van der Waals surface area contributed by atoms with Crippen LogP contribution in [0.3, 0.4) is 0 Å². The molecule has 3 aromatic rings. The zero-order valence-electron chi connectivity index (χ0n) is 20.8. The summed E-state index contributed by atoms with van der Waals surface area (Å²) in [4.78, 5) is 44.3. The van der Waals surface area contributed by atoms with E-state index in [0.29, 0.717) is 41.9 Å². The molecule has 4 rings (SSSR count). The number of ether oxygens (including phenoxy) is 1. The van der Waals surface area contributed by atoms with Crippen molar-refractivity contribution in [3.05, 3.63) is 75.2 Å². The average Bonchev–Trinajstić information content (AvgIpc) is 3.67. The highest BCUT2D eigenvalue weighted by Gasteiger charge is 2.52. The van der Waals surface area contributed by atoms with Gasteiger partial charge in [-0.15, -0.1) is 0 Å². The number of rotatable bonds is 9. The summed E-state index contributed by atoms with van der Waals surface area (Å²) in [6.45, 7) is 2.37. The molecule has 36 heavy (non-hydrogen) atoms. The van der Waals surface area contributed by atoms with Crippen LogP contribution < -0.4 is 11.3 Å². The molecular formula is C27H31N5O4. The molecule has 0 spiro atoms. The highest BCUT2D eigenvalue weighted by atomic mass is 16.5. The van der Waals surface area contributed by atoms with Crippen molar-refractivity contribution in [3.8, 4) is 0 Å². The maximum absolute atomic E-state index is 13.3. The fourth-order valence-electron chi connectivity index (χ4n) is 4.51. The summed E-state index contributed by atoms with van der Waals surface area (Å²) in [5, 5.41) is 7.54. The van der Waals surface area contributed by atoms with Crippen LogP contribution in [-0.4, -0.2) is 52.4 Å². The van der Waals surface area contributed by atoms with Crippen molar-refractivity contribution in [2.24, 2.45) is 12.8 Å². The molecule has 0 atom stereocenters. The molecule has 1 aliphatic carbocycles. The normalized spacial score (nSPS) is 13.9. The molecule has 9 heteroatoms. The van der Waals surface area contributed by atoms with Gasteiger partial charge in [-0.05, 0) is 43.0 Å². The van der Waals surface area contributed by atoms with Crippen LogP contribution in [0.25, 0.3) is 11.0 Å². The van der Waals surface area contributed by atoms with E-state index >= 15 is 0 Å². The maximum Gasteiger partial charge on any atom is 0.307 e. The number of amides is 1. The molecule has 188 valence electrons. The fourth-order valence-corrected chi connectivity index (χ4v) is 4.51. The van der Waals surface area contributed by atoms with Crippen LogP contribution in [0.2, 0.25) is 0 Å². The molecule has 0 aliphatic heterocycles. The second kappa shape index (κ2) is 9.93. The predicted octanol–water partition coefficient (Wildman–Crippen LogP) is 2.25. The Labute approximate surface area is 209 Å². The topological polar surface area (TPSA) is 131 Å². The van der Waals surface area contributed by atoms with Gasteiger partial charge >= 0.3 is 5.97 Å². The van der Waals surface area contributed by atoms with Gasteiger partial charge < -0.3 is 19.9 Å². The largest absolute Gasteiger partial charge is 0.466 e. The van der Waals surface area contributed by atoms with Crippen molar-refractivity contribution in [2.45, 2.75) is 38.0 Å². The van der Waals surface area contributed by atoms with Gasteiger partial charge in [0, 0.05) is 32.6 Å². The number of nitrogens with one attached hydrogen (secondary N) is 1. The summed E-state index contributed by atoms with van der Waals surface area (Å²) in [6.07, 6.45) is 1.94. The van der Waals surface area contributed by atoms with Gasteiger partial charge in [0.15, 0.2) is 0 Å². The van der Waals surface area contributed by atoms with E-state index in [0.717, 1.165) is 24.0 Å². The Kier molecular flexibility index (Phi) is 6.92. The van der Waals surface area contributed by atoms with Gasteiger partial charge in [0.05, 0.1) is 29.5 Å². The Hall–Kier alpha value is -4.01. The van der Waals surface area contributed by atoms with Crippen molar-refractivity contribution >= 4 is 28.7 Å². The molecule has 1 aromatic heterocycles. The zero-order chi connectivity index (χ0) is 26.0. The van der Waals surface area contributed by atoms with Crippen LogP contribution in [0.4, 0.5) is 0 Å². The van der Waals surface area contributed by atoms with Crippen LogP contribution in [0.15, 0.2) is 47.3 Å². The number of amidine groups is 1. The number of carbonyl (C=O) groups is 2. The molecule has 1 heterocycles. The van der Waals surface area contributed by atoms with Crippen molar-refractivity contribution < 1.29 is 14.3 Å². The number of fused-ring (bicyclic) bond motifs is 1. The lowest BCUT2D eigenvalue weighted by Gasteiger charge is -2.24. The number of nitrogen functional groups attached to an aromatic ring is 1. The van der Waals surface area contributed by atoms with Gasteiger partial charge in [-0.1, -0.05) is 30.3 Å². The standard InChI is InChI=1S/C27H31N5O4/c1-4-36-23(33)11-14-31(2)26(35)27(12-13-27)19-9-10-22-20(16-19)30-21(25(34)32(22)3)15-17-5-7-18(8-6-17)24(28)29/h5-10,16H,4,11-15H2,1-3H3,(H3,28,29).